The number of amides is 1. The van der Waals surface area contributed by atoms with E-state index in [-0.39, 0.29) is 46.2 Å². The van der Waals surface area contributed by atoms with Gasteiger partial charge in [-0.3, -0.25) is 19.3 Å². The van der Waals surface area contributed by atoms with Gasteiger partial charge in [0.2, 0.25) is 5.91 Å². The van der Waals surface area contributed by atoms with Gasteiger partial charge in [-0.05, 0) is 24.3 Å². The van der Waals surface area contributed by atoms with Crippen molar-refractivity contribution >= 4 is 51.3 Å². The Morgan fingerprint density at radius 3 is 2.28 bits per heavy atom. The fraction of sp³-hybridized carbons (Fsp3) is 0.0741. The first-order valence-corrected chi connectivity index (χ1v) is 11.8. The van der Waals surface area contributed by atoms with E-state index in [0.717, 1.165) is 0 Å². The van der Waals surface area contributed by atoms with Crippen molar-refractivity contribution < 1.29 is 23.9 Å². The molecule has 9 heteroatoms. The quantitative estimate of drug-likeness (QED) is 0.280. The molecule has 1 aromatic heterocycles. The fourth-order valence-corrected chi connectivity index (χ4v) is 4.95. The van der Waals surface area contributed by atoms with Crippen molar-refractivity contribution in [2.75, 3.05) is 10.6 Å². The van der Waals surface area contributed by atoms with Gasteiger partial charge >= 0.3 is 5.97 Å². The number of nitrogen functional groups attached to an aromatic ring is 1. The van der Waals surface area contributed by atoms with E-state index in [1.54, 1.807) is 41.8 Å². The summed E-state index contributed by atoms with van der Waals surface area (Å²) in [6.07, 6.45) is 0. The molecule has 0 unspecified atom stereocenters. The van der Waals surface area contributed by atoms with Crippen LogP contribution in [0.15, 0.2) is 72.1 Å². The molecular weight excluding hydrogens is 478 g/mol. The summed E-state index contributed by atoms with van der Waals surface area (Å²) in [6, 6.07) is 18.4. The summed E-state index contributed by atoms with van der Waals surface area (Å²) in [6.45, 7) is 1.28. The molecule has 178 valence electrons. The lowest BCUT2D eigenvalue weighted by Gasteiger charge is -2.20. The molecule has 0 spiro atoms. The van der Waals surface area contributed by atoms with Crippen LogP contribution >= 0.6 is 11.3 Å². The van der Waals surface area contributed by atoms with Crippen molar-refractivity contribution in [2.24, 2.45) is 0 Å². The van der Waals surface area contributed by atoms with Gasteiger partial charge < -0.3 is 10.5 Å². The maximum atomic E-state index is 13.0. The molecule has 1 amide bonds. The molecule has 1 aliphatic carbocycles. The zero-order valence-corrected chi connectivity index (χ0v) is 19.9. The lowest BCUT2D eigenvalue weighted by Crippen LogP contribution is -2.24. The van der Waals surface area contributed by atoms with Crippen LogP contribution in [0.4, 0.5) is 16.5 Å². The van der Waals surface area contributed by atoms with Gasteiger partial charge in [0.15, 0.2) is 16.7 Å². The highest BCUT2D eigenvalue weighted by molar-refractivity contribution is 7.14. The largest absolute Gasteiger partial charge is 0.455 e. The first-order chi connectivity index (χ1) is 17.4. The predicted molar refractivity (Wildman–Crippen MR) is 135 cm³/mol. The van der Waals surface area contributed by atoms with Crippen molar-refractivity contribution in [1.29, 1.82) is 0 Å². The average Bonchev–Trinajstić information content (AvgIpc) is 3.34. The number of ether oxygens (including phenoxy) is 1. The number of hydrogen-bond donors (Lipinski definition) is 1. The second-order valence-electron chi connectivity index (χ2n) is 8.04. The second kappa shape index (κ2) is 9.20. The third kappa shape index (κ3) is 3.95. The van der Waals surface area contributed by atoms with Crippen LogP contribution in [0.3, 0.4) is 0 Å². The monoisotopic (exact) mass is 497 g/mol. The van der Waals surface area contributed by atoms with Gasteiger partial charge in [-0.25, -0.2) is 9.78 Å². The molecular formula is C27H19N3O5S. The fourth-order valence-electron chi connectivity index (χ4n) is 4.08. The first kappa shape index (κ1) is 23.1. The molecule has 36 heavy (non-hydrogen) atoms. The first-order valence-electron chi connectivity index (χ1n) is 10.9. The number of fused-ring (bicyclic) bond motifs is 2. The van der Waals surface area contributed by atoms with Crippen LogP contribution in [0.25, 0.3) is 0 Å². The predicted octanol–water partition coefficient (Wildman–Crippen LogP) is 4.54. The van der Waals surface area contributed by atoms with Crippen LogP contribution in [0.5, 0.6) is 0 Å². The van der Waals surface area contributed by atoms with Crippen molar-refractivity contribution in [3.8, 4) is 0 Å². The molecule has 1 aliphatic rings. The summed E-state index contributed by atoms with van der Waals surface area (Å²) in [5, 5.41) is 2.13. The van der Waals surface area contributed by atoms with Crippen LogP contribution in [0, 0.1) is 0 Å². The number of carbonyl (C=O) groups excluding carboxylic acids is 4. The van der Waals surface area contributed by atoms with Crippen LogP contribution in [0.2, 0.25) is 0 Å². The number of rotatable bonds is 5. The number of ketones is 2. The molecule has 8 nitrogen and oxygen atoms in total. The molecule has 0 bridgehead atoms. The number of hydrogen-bond acceptors (Lipinski definition) is 8. The van der Waals surface area contributed by atoms with E-state index in [4.69, 9.17) is 10.5 Å². The number of nitrogens with zero attached hydrogens (tertiary/aromatic N) is 2. The normalized spacial score (nSPS) is 12.0. The van der Waals surface area contributed by atoms with E-state index >= 15 is 0 Å². The topological polar surface area (TPSA) is 120 Å². The summed E-state index contributed by atoms with van der Waals surface area (Å²) in [4.78, 5) is 56.9. The molecule has 0 fully saturated rings. The molecule has 0 radical (unpaired) electrons. The summed E-state index contributed by atoms with van der Waals surface area (Å²) in [5.41, 5.74) is 7.91. The van der Waals surface area contributed by atoms with Crippen molar-refractivity contribution in [2.45, 2.75) is 13.5 Å². The van der Waals surface area contributed by atoms with E-state index in [0.29, 0.717) is 22.1 Å². The molecule has 3 aromatic carbocycles. The number of esters is 1. The Kier molecular flexibility index (Phi) is 5.91. The van der Waals surface area contributed by atoms with Gasteiger partial charge in [-0.1, -0.05) is 42.5 Å². The van der Waals surface area contributed by atoms with Crippen LogP contribution in [-0.4, -0.2) is 28.4 Å². The second-order valence-corrected chi connectivity index (χ2v) is 8.88. The Bertz CT molecular complexity index is 1540. The van der Waals surface area contributed by atoms with E-state index in [2.05, 4.69) is 4.98 Å². The van der Waals surface area contributed by atoms with E-state index in [1.165, 1.54) is 35.3 Å². The standard InChI is InChI=1S/C27H19N3O5S/c1-15(31)30(17-7-3-2-4-8-17)27-29-16(14-36-27)13-35-26(34)21-12-11-20-22(23(21)28)25(33)19-10-6-5-9-18(19)24(20)32/h2-12,14H,13,28H2,1H3. The van der Waals surface area contributed by atoms with Gasteiger partial charge in [-0.2, -0.15) is 0 Å². The third-order valence-corrected chi connectivity index (χ3v) is 6.64. The van der Waals surface area contributed by atoms with E-state index in [1.807, 2.05) is 18.2 Å². The van der Waals surface area contributed by atoms with Gasteiger partial charge in [0.25, 0.3) is 0 Å². The molecule has 4 aromatic rings. The number of thiazole rings is 1. The third-order valence-electron chi connectivity index (χ3n) is 5.76. The smallest absolute Gasteiger partial charge is 0.340 e. The van der Waals surface area contributed by atoms with Crippen LogP contribution in [0.1, 0.15) is 54.8 Å². The zero-order valence-electron chi connectivity index (χ0n) is 19.1. The van der Waals surface area contributed by atoms with Gasteiger partial charge in [0, 0.05) is 29.0 Å². The summed E-state index contributed by atoms with van der Waals surface area (Å²) < 4.78 is 5.40. The number of anilines is 3. The maximum Gasteiger partial charge on any atom is 0.340 e. The summed E-state index contributed by atoms with van der Waals surface area (Å²) in [7, 11) is 0. The molecule has 5 rings (SSSR count). The van der Waals surface area contributed by atoms with Gasteiger partial charge in [0.1, 0.15) is 6.61 Å². The average molecular weight is 498 g/mol. The maximum absolute atomic E-state index is 13.0. The molecule has 0 saturated carbocycles. The van der Waals surface area contributed by atoms with Gasteiger partial charge in [0.05, 0.1) is 28.2 Å². The molecule has 1 heterocycles. The lowest BCUT2D eigenvalue weighted by atomic mass is 9.82. The molecule has 0 atom stereocenters. The Labute approximate surface area is 210 Å². The van der Waals surface area contributed by atoms with Gasteiger partial charge in [-0.15, -0.1) is 11.3 Å². The minimum Gasteiger partial charge on any atom is -0.455 e. The highest BCUT2D eigenvalue weighted by Gasteiger charge is 2.33. The van der Waals surface area contributed by atoms with Crippen LogP contribution in [-0.2, 0) is 16.1 Å². The minimum atomic E-state index is -0.754. The molecule has 0 aliphatic heterocycles. The SMILES string of the molecule is CC(=O)N(c1ccccc1)c1nc(COC(=O)c2ccc3c(c2N)C(=O)c2ccccc2C3=O)cs1. The number of carbonyl (C=O) groups is 4. The highest BCUT2D eigenvalue weighted by Crippen LogP contribution is 2.33. The summed E-state index contributed by atoms with van der Waals surface area (Å²) >= 11 is 1.24. The van der Waals surface area contributed by atoms with E-state index < -0.39 is 11.8 Å². The lowest BCUT2D eigenvalue weighted by molar-refractivity contribution is -0.115. The zero-order chi connectivity index (χ0) is 25.4. The number of nitrogens with two attached hydrogens (primary N) is 1. The van der Waals surface area contributed by atoms with Crippen molar-refractivity contribution in [3.05, 3.63) is 106 Å². The van der Waals surface area contributed by atoms with Crippen molar-refractivity contribution in [3.63, 3.8) is 0 Å². The highest BCUT2D eigenvalue weighted by atomic mass is 32.1. The van der Waals surface area contributed by atoms with Crippen LogP contribution < -0.4 is 10.6 Å². The Morgan fingerprint density at radius 1 is 0.917 bits per heavy atom. The van der Waals surface area contributed by atoms with E-state index in [9.17, 15) is 19.2 Å². The number of aromatic nitrogens is 1. The van der Waals surface area contributed by atoms with Crippen molar-refractivity contribution in [1.82, 2.24) is 4.98 Å². The number of benzene rings is 3. The Morgan fingerprint density at radius 2 is 1.58 bits per heavy atom. The Hall–Kier alpha value is -4.63. The molecule has 2 N–H and O–H groups in total. The minimum absolute atomic E-state index is 0.00376. The number of para-hydroxylation sites is 1. The summed E-state index contributed by atoms with van der Waals surface area (Å²) in [5.74, 6) is -1.70. The Balaban J connectivity index is 1.36. The molecule has 0 saturated heterocycles.